The zero-order chi connectivity index (χ0) is 8.69. The van der Waals surface area contributed by atoms with E-state index in [-0.39, 0.29) is 5.91 Å². The first-order valence-corrected chi connectivity index (χ1v) is 4.96. The van der Waals surface area contributed by atoms with Crippen LogP contribution in [0.2, 0.25) is 0 Å². The van der Waals surface area contributed by atoms with E-state index >= 15 is 0 Å². The van der Waals surface area contributed by atoms with Gasteiger partial charge in [0.15, 0.2) is 0 Å². The van der Waals surface area contributed by atoms with Crippen LogP contribution in [-0.2, 0) is 4.79 Å². The fraction of sp³-hybridized carbons (Fsp3) is 0.625. The highest BCUT2D eigenvalue weighted by Gasteiger charge is 2.02. The Hall–Kier alpha value is -0.440. The van der Waals surface area contributed by atoms with Gasteiger partial charge in [0.25, 0.3) is 5.91 Å². The Morgan fingerprint density at radius 2 is 2.27 bits per heavy atom. The molecule has 0 heterocycles. The van der Waals surface area contributed by atoms with E-state index in [9.17, 15) is 4.79 Å². The Labute approximate surface area is 72.4 Å². The van der Waals surface area contributed by atoms with Crippen molar-refractivity contribution in [2.75, 3.05) is 12.8 Å². The smallest absolute Gasteiger partial charge is 0.257 e. The van der Waals surface area contributed by atoms with Crippen molar-refractivity contribution in [2.45, 2.75) is 19.8 Å². The number of nitrogens with one attached hydrogen (secondary N) is 1. The quantitative estimate of drug-likeness (QED) is 0.507. The summed E-state index contributed by atoms with van der Waals surface area (Å²) in [7, 11) is 0. The average molecular weight is 173 g/mol. The van der Waals surface area contributed by atoms with Crippen LogP contribution in [0.1, 0.15) is 19.8 Å². The van der Waals surface area contributed by atoms with Gasteiger partial charge in [-0.25, -0.2) is 0 Å². The molecule has 1 N–H and O–H groups in total. The van der Waals surface area contributed by atoms with Crippen LogP contribution in [0.15, 0.2) is 11.5 Å². The molecule has 0 saturated heterocycles. The van der Waals surface area contributed by atoms with Crippen LogP contribution in [0.3, 0.4) is 0 Å². The SMILES string of the molecule is C=C(SC)C(=O)NCCCC. The molecule has 0 spiro atoms. The molecule has 64 valence electrons. The highest BCUT2D eigenvalue weighted by Crippen LogP contribution is 2.06. The molecule has 0 unspecified atom stereocenters. The van der Waals surface area contributed by atoms with Crippen LogP contribution < -0.4 is 5.32 Å². The number of hydrogen-bond acceptors (Lipinski definition) is 2. The van der Waals surface area contributed by atoms with Crippen LogP contribution in [0.4, 0.5) is 0 Å². The lowest BCUT2D eigenvalue weighted by Gasteiger charge is -2.03. The van der Waals surface area contributed by atoms with Crippen LogP contribution in [0, 0.1) is 0 Å². The van der Waals surface area contributed by atoms with Gasteiger partial charge in [0.1, 0.15) is 0 Å². The van der Waals surface area contributed by atoms with Gasteiger partial charge in [-0.15, -0.1) is 11.8 Å². The lowest BCUT2D eigenvalue weighted by Crippen LogP contribution is -2.24. The van der Waals surface area contributed by atoms with E-state index in [1.807, 2.05) is 6.26 Å². The summed E-state index contributed by atoms with van der Waals surface area (Å²) in [5.41, 5.74) is 0. The minimum absolute atomic E-state index is 0.0362. The molecule has 3 heteroatoms. The predicted octanol–water partition coefficient (Wildman–Crippen LogP) is 1.78. The molecule has 0 radical (unpaired) electrons. The van der Waals surface area contributed by atoms with Crippen molar-refractivity contribution in [1.82, 2.24) is 5.32 Å². The topological polar surface area (TPSA) is 29.1 Å². The van der Waals surface area contributed by atoms with E-state index in [1.165, 1.54) is 11.8 Å². The van der Waals surface area contributed by atoms with E-state index in [0.717, 1.165) is 19.4 Å². The third kappa shape index (κ3) is 4.90. The third-order valence-corrected chi connectivity index (χ3v) is 1.99. The molecule has 0 aliphatic rings. The van der Waals surface area contributed by atoms with Gasteiger partial charge < -0.3 is 5.32 Å². The molecule has 0 saturated carbocycles. The van der Waals surface area contributed by atoms with Gasteiger partial charge in [-0.2, -0.15) is 0 Å². The number of carbonyl (C=O) groups is 1. The predicted molar refractivity (Wildman–Crippen MR) is 50.6 cm³/mol. The van der Waals surface area contributed by atoms with Crippen LogP contribution in [0.25, 0.3) is 0 Å². The second-order valence-corrected chi connectivity index (χ2v) is 3.14. The zero-order valence-electron chi connectivity index (χ0n) is 7.14. The molecule has 0 aliphatic heterocycles. The molecule has 2 nitrogen and oxygen atoms in total. The van der Waals surface area contributed by atoms with Gasteiger partial charge in [0.2, 0.25) is 0 Å². The lowest BCUT2D eigenvalue weighted by atomic mass is 10.3. The maximum absolute atomic E-state index is 11.0. The lowest BCUT2D eigenvalue weighted by molar-refractivity contribution is -0.116. The standard InChI is InChI=1S/C8H15NOS/c1-4-5-6-9-8(10)7(2)11-3/h2,4-6H2,1,3H3,(H,9,10). The molecule has 0 bridgehead atoms. The summed E-state index contributed by atoms with van der Waals surface area (Å²) < 4.78 is 0. The third-order valence-electron chi connectivity index (χ3n) is 1.32. The van der Waals surface area contributed by atoms with Crippen molar-refractivity contribution in [1.29, 1.82) is 0 Å². The van der Waals surface area contributed by atoms with E-state index in [2.05, 4.69) is 18.8 Å². The summed E-state index contributed by atoms with van der Waals surface area (Å²) in [4.78, 5) is 11.6. The molecule has 0 aromatic heterocycles. The summed E-state index contributed by atoms with van der Waals surface area (Å²) in [6.07, 6.45) is 3.99. The van der Waals surface area contributed by atoms with Gasteiger partial charge in [0, 0.05) is 6.54 Å². The molecule has 1 amide bonds. The number of rotatable bonds is 5. The van der Waals surface area contributed by atoms with Crippen molar-refractivity contribution in [3.8, 4) is 0 Å². The Morgan fingerprint density at radius 1 is 1.64 bits per heavy atom. The summed E-state index contributed by atoms with van der Waals surface area (Å²) in [5.74, 6) is -0.0362. The van der Waals surface area contributed by atoms with Crippen LogP contribution in [-0.4, -0.2) is 18.7 Å². The normalized spacial score (nSPS) is 9.27. The van der Waals surface area contributed by atoms with Gasteiger partial charge in [-0.05, 0) is 12.7 Å². The first-order valence-electron chi connectivity index (χ1n) is 3.73. The first-order chi connectivity index (χ1) is 5.22. The molecule has 0 aromatic carbocycles. The van der Waals surface area contributed by atoms with Crippen LogP contribution in [0.5, 0.6) is 0 Å². The Morgan fingerprint density at radius 3 is 2.73 bits per heavy atom. The number of unbranched alkanes of at least 4 members (excludes halogenated alkanes) is 1. The largest absolute Gasteiger partial charge is 0.352 e. The molecular weight excluding hydrogens is 158 g/mol. The van der Waals surface area contributed by atoms with Gasteiger partial charge in [-0.1, -0.05) is 19.9 Å². The van der Waals surface area contributed by atoms with E-state index in [0.29, 0.717) is 4.91 Å². The van der Waals surface area contributed by atoms with Crippen molar-refractivity contribution in [2.24, 2.45) is 0 Å². The fourth-order valence-electron chi connectivity index (χ4n) is 0.570. The second-order valence-electron chi connectivity index (χ2n) is 2.24. The van der Waals surface area contributed by atoms with Crippen molar-refractivity contribution < 1.29 is 4.79 Å². The van der Waals surface area contributed by atoms with E-state index in [1.54, 1.807) is 0 Å². The Bertz CT molecular complexity index is 145. The molecule has 0 aliphatic carbocycles. The Balaban J connectivity index is 3.44. The van der Waals surface area contributed by atoms with Gasteiger partial charge in [-0.3, -0.25) is 4.79 Å². The molecule has 0 fully saturated rings. The highest BCUT2D eigenvalue weighted by molar-refractivity contribution is 8.03. The van der Waals surface area contributed by atoms with Gasteiger partial charge >= 0.3 is 0 Å². The maximum atomic E-state index is 11.0. The zero-order valence-corrected chi connectivity index (χ0v) is 7.96. The number of hydrogen-bond donors (Lipinski definition) is 1. The molecule has 0 aromatic rings. The van der Waals surface area contributed by atoms with Crippen molar-refractivity contribution in [3.05, 3.63) is 11.5 Å². The molecule has 0 atom stereocenters. The maximum Gasteiger partial charge on any atom is 0.257 e. The van der Waals surface area contributed by atoms with E-state index in [4.69, 9.17) is 0 Å². The van der Waals surface area contributed by atoms with Crippen molar-refractivity contribution in [3.63, 3.8) is 0 Å². The fourth-order valence-corrected chi connectivity index (χ4v) is 0.828. The minimum atomic E-state index is -0.0362. The van der Waals surface area contributed by atoms with Gasteiger partial charge in [0.05, 0.1) is 4.91 Å². The first kappa shape index (κ1) is 10.6. The van der Waals surface area contributed by atoms with Crippen LogP contribution >= 0.6 is 11.8 Å². The minimum Gasteiger partial charge on any atom is -0.352 e. The summed E-state index contributed by atoms with van der Waals surface area (Å²) in [5, 5.41) is 2.77. The highest BCUT2D eigenvalue weighted by atomic mass is 32.2. The summed E-state index contributed by atoms with van der Waals surface area (Å²) in [6.45, 7) is 6.45. The van der Waals surface area contributed by atoms with Crippen molar-refractivity contribution >= 4 is 17.7 Å². The Kier molecular flexibility index (Phi) is 6.03. The molecular formula is C8H15NOS. The van der Waals surface area contributed by atoms with E-state index < -0.39 is 0 Å². The second kappa shape index (κ2) is 6.28. The number of amides is 1. The number of carbonyl (C=O) groups excluding carboxylic acids is 1. The summed E-state index contributed by atoms with van der Waals surface area (Å²) in [6, 6.07) is 0. The molecule has 11 heavy (non-hydrogen) atoms. The summed E-state index contributed by atoms with van der Waals surface area (Å²) >= 11 is 1.38. The average Bonchev–Trinajstić information content (AvgIpc) is 2.03. The number of thioether (sulfide) groups is 1. The molecule has 0 rings (SSSR count). The monoisotopic (exact) mass is 173 g/mol.